The monoisotopic (exact) mass is 303 g/mol. The van der Waals surface area contributed by atoms with E-state index in [0.717, 1.165) is 0 Å². The molecule has 3 aromatic rings. The van der Waals surface area contributed by atoms with Crippen LogP contribution in [0.15, 0.2) is 57.9 Å². The van der Waals surface area contributed by atoms with Crippen LogP contribution in [0.1, 0.15) is 5.56 Å². The van der Waals surface area contributed by atoms with Gasteiger partial charge in [0.25, 0.3) is 0 Å². The van der Waals surface area contributed by atoms with Crippen molar-refractivity contribution in [1.29, 1.82) is 0 Å². The first-order valence-corrected chi connectivity index (χ1v) is 6.71. The number of halogens is 2. The lowest BCUT2D eigenvalue weighted by Crippen LogP contribution is -2.12. The summed E-state index contributed by atoms with van der Waals surface area (Å²) in [5.74, 6) is -0.336. The molecule has 0 fully saturated rings. The highest BCUT2D eigenvalue weighted by Gasteiger charge is 2.07. The van der Waals surface area contributed by atoms with Crippen molar-refractivity contribution in [3.63, 3.8) is 0 Å². The minimum Gasteiger partial charge on any atom is -0.464 e. The molecule has 1 N–H and O–H groups in total. The molecular formula is C16H11ClFNO2. The lowest BCUT2D eigenvalue weighted by Gasteiger charge is -2.06. The fourth-order valence-electron chi connectivity index (χ4n) is 2.06. The number of benzene rings is 2. The molecule has 0 aliphatic rings. The third-order valence-electron chi connectivity index (χ3n) is 3.11. The molecule has 1 heterocycles. The summed E-state index contributed by atoms with van der Waals surface area (Å²) in [6.45, 7) is 0.244. The summed E-state index contributed by atoms with van der Waals surface area (Å²) in [7, 11) is 0. The zero-order valence-electron chi connectivity index (χ0n) is 10.9. The van der Waals surface area contributed by atoms with Crippen LogP contribution in [0.4, 0.5) is 10.1 Å². The summed E-state index contributed by atoms with van der Waals surface area (Å²) in [5, 5.41) is 3.90. The number of hydrogen-bond donors (Lipinski definition) is 1. The first kappa shape index (κ1) is 13.6. The van der Waals surface area contributed by atoms with Crippen LogP contribution in [0.25, 0.3) is 11.0 Å². The number of fused-ring (bicyclic) bond motifs is 1. The van der Waals surface area contributed by atoms with Crippen molar-refractivity contribution in [2.24, 2.45) is 0 Å². The minimum absolute atomic E-state index is 0.150. The Hall–Kier alpha value is -2.33. The molecule has 0 radical (unpaired) electrons. The van der Waals surface area contributed by atoms with Crippen LogP contribution in [0.2, 0.25) is 5.02 Å². The Morgan fingerprint density at radius 1 is 1.19 bits per heavy atom. The fourth-order valence-corrected chi connectivity index (χ4v) is 2.23. The number of nitrogens with one attached hydrogen (secondary N) is 1. The topological polar surface area (TPSA) is 42.2 Å². The van der Waals surface area contributed by atoms with E-state index in [0.29, 0.717) is 27.2 Å². The molecule has 0 saturated heterocycles. The number of rotatable bonds is 3. The van der Waals surface area contributed by atoms with Gasteiger partial charge in [0.2, 0.25) is 0 Å². The summed E-state index contributed by atoms with van der Waals surface area (Å²) in [6.07, 6.45) is 1.41. The van der Waals surface area contributed by atoms with Crippen molar-refractivity contribution < 1.29 is 8.81 Å². The molecule has 0 aliphatic heterocycles. The van der Waals surface area contributed by atoms with Crippen molar-refractivity contribution in [2.45, 2.75) is 6.54 Å². The van der Waals surface area contributed by atoms with Gasteiger partial charge < -0.3 is 9.73 Å². The first-order valence-electron chi connectivity index (χ1n) is 6.33. The van der Waals surface area contributed by atoms with Crippen molar-refractivity contribution in [3.8, 4) is 0 Å². The second kappa shape index (κ2) is 5.58. The Morgan fingerprint density at radius 3 is 2.86 bits per heavy atom. The average molecular weight is 304 g/mol. The Balaban J connectivity index is 1.91. The molecule has 0 amide bonds. The smallest absolute Gasteiger partial charge is 0.197 e. The van der Waals surface area contributed by atoms with E-state index >= 15 is 0 Å². The van der Waals surface area contributed by atoms with Gasteiger partial charge >= 0.3 is 0 Å². The molecule has 0 atom stereocenters. The van der Waals surface area contributed by atoms with Crippen LogP contribution in [-0.4, -0.2) is 0 Å². The van der Waals surface area contributed by atoms with Crippen molar-refractivity contribution in [2.75, 3.05) is 5.32 Å². The van der Waals surface area contributed by atoms with Gasteiger partial charge in [-0.1, -0.05) is 17.7 Å². The summed E-state index contributed by atoms with van der Waals surface area (Å²) in [6, 6.07) is 10.9. The van der Waals surface area contributed by atoms with E-state index in [1.807, 2.05) is 0 Å². The van der Waals surface area contributed by atoms with Gasteiger partial charge in [-0.05, 0) is 36.4 Å². The molecule has 5 heteroatoms. The normalized spacial score (nSPS) is 10.8. The molecule has 0 saturated carbocycles. The third kappa shape index (κ3) is 2.90. The van der Waals surface area contributed by atoms with Gasteiger partial charge in [0.05, 0.1) is 17.2 Å². The van der Waals surface area contributed by atoms with E-state index in [9.17, 15) is 9.18 Å². The Kier molecular flexibility index (Phi) is 3.62. The van der Waals surface area contributed by atoms with E-state index in [-0.39, 0.29) is 17.8 Å². The van der Waals surface area contributed by atoms with Gasteiger partial charge in [0.1, 0.15) is 11.4 Å². The molecule has 3 nitrogen and oxygen atoms in total. The summed E-state index contributed by atoms with van der Waals surface area (Å²) >= 11 is 5.90. The highest BCUT2D eigenvalue weighted by Crippen LogP contribution is 2.17. The van der Waals surface area contributed by atoms with Gasteiger partial charge in [0, 0.05) is 17.3 Å². The largest absolute Gasteiger partial charge is 0.464 e. The maximum absolute atomic E-state index is 13.1. The van der Waals surface area contributed by atoms with Gasteiger partial charge in [-0.3, -0.25) is 4.79 Å². The molecule has 1 aromatic heterocycles. The summed E-state index contributed by atoms with van der Waals surface area (Å²) in [4.78, 5) is 12.3. The van der Waals surface area contributed by atoms with Crippen LogP contribution < -0.4 is 10.7 Å². The molecule has 2 aromatic carbocycles. The minimum atomic E-state index is -0.336. The van der Waals surface area contributed by atoms with Crippen molar-refractivity contribution in [1.82, 2.24) is 0 Å². The van der Waals surface area contributed by atoms with E-state index in [4.69, 9.17) is 16.0 Å². The molecular weight excluding hydrogens is 293 g/mol. The van der Waals surface area contributed by atoms with Crippen LogP contribution in [0.5, 0.6) is 0 Å². The Labute approximate surface area is 125 Å². The van der Waals surface area contributed by atoms with Gasteiger partial charge in [-0.25, -0.2) is 4.39 Å². The van der Waals surface area contributed by atoms with Crippen LogP contribution >= 0.6 is 11.6 Å². The standard InChI is InChI=1S/C16H11ClFNO2/c17-11-4-5-15-14(6-11)16(20)10(9-21-15)8-19-13-3-1-2-12(18)7-13/h1-7,9,19H,8H2. The predicted octanol–water partition coefficient (Wildman–Crippen LogP) is 4.20. The second-order valence-electron chi connectivity index (χ2n) is 4.59. The molecule has 0 bridgehead atoms. The zero-order valence-corrected chi connectivity index (χ0v) is 11.7. The van der Waals surface area contributed by atoms with Crippen LogP contribution in [0, 0.1) is 5.82 Å². The molecule has 106 valence electrons. The van der Waals surface area contributed by atoms with E-state index in [2.05, 4.69) is 5.32 Å². The maximum Gasteiger partial charge on any atom is 0.197 e. The van der Waals surface area contributed by atoms with E-state index in [1.165, 1.54) is 18.4 Å². The highest BCUT2D eigenvalue weighted by molar-refractivity contribution is 6.31. The molecule has 0 unspecified atom stereocenters. The number of anilines is 1. The highest BCUT2D eigenvalue weighted by atomic mass is 35.5. The van der Waals surface area contributed by atoms with E-state index in [1.54, 1.807) is 30.3 Å². The lowest BCUT2D eigenvalue weighted by molar-refractivity contribution is 0.594. The molecule has 3 rings (SSSR count). The first-order chi connectivity index (χ1) is 10.1. The lowest BCUT2D eigenvalue weighted by atomic mass is 10.1. The molecule has 21 heavy (non-hydrogen) atoms. The number of hydrogen-bond acceptors (Lipinski definition) is 3. The van der Waals surface area contributed by atoms with Gasteiger partial charge in [-0.15, -0.1) is 0 Å². The second-order valence-corrected chi connectivity index (χ2v) is 5.03. The van der Waals surface area contributed by atoms with Crippen molar-refractivity contribution in [3.05, 3.63) is 75.4 Å². The van der Waals surface area contributed by atoms with Crippen LogP contribution in [0.3, 0.4) is 0 Å². The maximum atomic E-state index is 13.1. The fraction of sp³-hybridized carbons (Fsp3) is 0.0625. The van der Waals surface area contributed by atoms with Crippen LogP contribution in [-0.2, 0) is 6.54 Å². The summed E-state index contributed by atoms with van der Waals surface area (Å²) < 4.78 is 18.5. The molecule has 0 spiro atoms. The quantitative estimate of drug-likeness (QED) is 0.788. The zero-order chi connectivity index (χ0) is 14.8. The Morgan fingerprint density at radius 2 is 2.05 bits per heavy atom. The predicted molar refractivity (Wildman–Crippen MR) is 81.2 cm³/mol. The van der Waals surface area contributed by atoms with Gasteiger partial charge in [0.15, 0.2) is 5.43 Å². The SMILES string of the molecule is O=c1c(CNc2cccc(F)c2)coc2ccc(Cl)cc12. The molecule has 0 aliphatic carbocycles. The van der Waals surface area contributed by atoms with E-state index < -0.39 is 0 Å². The summed E-state index contributed by atoms with van der Waals surface area (Å²) in [5.41, 5.74) is 1.39. The van der Waals surface area contributed by atoms with Crippen molar-refractivity contribution >= 4 is 28.3 Å². The third-order valence-corrected chi connectivity index (χ3v) is 3.35. The average Bonchev–Trinajstić information content (AvgIpc) is 2.47. The van der Waals surface area contributed by atoms with Gasteiger partial charge in [-0.2, -0.15) is 0 Å². The Bertz CT molecular complexity index is 860.